The van der Waals surface area contributed by atoms with E-state index in [0.29, 0.717) is 24.9 Å². The molecule has 0 radical (unpaired) electrons. The van der Waals surface area contributed by atoms with Gasteiger partial charge in [0, 0.05) is 31.3 Å². The molecular formula is C16H20FN3O. The molecule has 1 N–H and O–H groups in total. The van der Waals surface area contributed by atoms with E-state index in [0.717, 1.165) is 5.56 Å². The number of rotatable bonds is 6. The Hall–Kier alpha value is -2.17. The van der Waals surface area contributed by atoms with Crippen LogP contribution >= 0.6 is 0 Å². The van der Waals surface area contributed by atoms with E-state index < -0.39 is 0 Å². The maximum Gasteiger partial charge on any atom is 0.223 e. The summed E-state index contributed by atoms with van der Waals surface area (Å²) in [4.78, 5) is 12.0. The van der Waals surface area contributed by atoms with Crippen LogP contribution in [0.5, 0.6) is 0 Å². The Bertz CT molecular complexity index is 609. The molecule has 21 heavy (non-hydrogen) atoms. The number of carbonyl (C=O) groups excluding carboxylic acids is 1. The second kappa shape index (κ2) is 7.02. The minimum atomic E-state index is -0.208. The molecule has 0 saturated heterocycles. The van der Waals surface area contributed by atoms with E-state index in [9.17, 15) is 9.18 Å². The van der Waals surface area contributed by atoms with Crippen molar-refractivity contribution in [3.63, 3.8) is 0 Å². The largest absolute Gasteiger partial charge is 0.352 e. The Morgan fingerprint density at radius 2 is 2.19 bits per heavy atom. The predicted octanol–water partition coefficient (Wildman–Crippen LogP) is 2.44. The molecule has 0 bridgehead atoms. The highest BCUT2D eigenvalue weighted by atomic mass is 19.1. The second-order valence-electron chi connectivity index (χ2n) is 5.27. The first kappa shape index (κ1) is 15.2. The number of aromatic nitrogens is 2. The SMILES string of the molecule is C[C@H](CCc1ccccc1F)C(=O)NCc1cnn(C)c1. The average Bonchev–Trinajstić information content (AvgIpc) is 2.89. The van der Waals surface area contributed by atoms with Crippen molar-refractivity contribution in [3.8, 4) is 0 Å². The van der Waals surface area contributed by atoms with E-state index in [1.807, 2.05) is 26.2 Å². The van der Waals surface area contributed by atoms with Crippen molar-refractivity contribution in [3.05, 3.63) is 53.6 Å². The molecular weight excluding hydrogens is 269 g/mol. The Balaban J connectivity index is 1.78. The van der Waals surface area contributed by atoms with Crippen LogP contribution in [0.25, 0.3) is 0 Å². The monoisotopic (exact) mass is 289 g/mol. The predicted molar refractivity (Wildman–Crippen MR) is 78.9 cm³/mol. The molecule has 112 valence electrons. The molecule has 2 aromatic rings. The summed E-state index contributed by atoms with van der Waals surface area (Å²) in [7, 11) is 1.84. The first-order chi connectivity index (χ1) is 10.1. The van der Waals surface area contributed by atoms with Crippen LogP contribution in [-0.4, -0.2) is 15.7 Å². The quantitative estimate of drug-likeness (QED) is 0.888. The van der Waals surface area contributed by atoms with Crippen molar-refractivity contribution in [1.29, 1.82) is 0 Å². The first-order valence-corrected chi connectivity index (χ1v) is 7.05. The van der Waals surface area contributed by atoms with E-state index >= 15 is 0 Å². The smallest absolute Gasteiger partial charge is 0.223 e. The third-order valence-corrected chi connectivity index (χ3v) is 3.48. The van der Waals surface area contributed by atoms with E-state index in [4.69, 9.17) is 0 Å². The number of amides is 1. The van der Waals surface area contributed by atoms with Gasteiger partial charge in [0.25, 0.3) is 0 Å². The summed E-state index contributed by atoms with van der Waals surface area (Å²) in [6.07, 6.45) is 4.78. The van der Waals surface area contributed by atoms with Gasteiger partial charge in [-0.1, -0.05) is 25.1 Å². The molecule has 1 heterocycles. The van der Waals surface area contributed by atoms with E-state index in [1.54, 1.807) is 23.0 Å². The standard InChI is InChI=1S/C16H20FN3O/c1-12(7-8-14-5-3-4-6-15(14)17)16(21)18-9-13-10-19-20(2)11-13/h3-6,10-12H,7-9H2,1-2H3,(H,18,21)/t12-/m1/s1. The molecule has 0 aliphatic heterocycles. The van der Waals surface area contributed by atoms with Crippen molar-refractivity contribution in [1.82, 2.24) is 15.1 Å². The molecule has 0 spiro atoms. The zero-order valence-electron chi connectivity index (χ0n) is 12.3. The second-order valence-corrected chi connectivity index (χ2v) is 5.27. The van der Waals surface area contributed by atoms with Crippen LogP contribution in [-0.2, 0) is 24.8 Å². The maximum absolute atomic E-state index is 13.5. The summed E-state index contributed by atoms with van der Waals surface area (Å²) in [5.74, 6) is -0.378. The summed E-state index contributed by atoms with van der Waals surface area (Å²) < 4.78 is 15.2. The first-order valence-electron chi connectivity index (χ1n) is 7.05. The number of hydrogen-bond acceptors (Lipinski definition) is 2. The van der Waals surface area contributed by atoms with Gasteiger partial charge in [0.15, 0.2) is 0 Å². The fourth-order valence-electron chi connectivity index (χ4n) is 2.13. The lowest BCUT2D eigenvalue weighted by Crippen LogP contribution is -2.28. The molecule has 0 aliphatic carbocycles. The van der Waals surface area contributed by atoms with Gasteiger partial charge in [-0.2, -0.15) is 5.10 Å². The molecule has 0 unspecified atom stereocenters. The minimum Gasteiger partial charge on any atom is -0.352 e. The van der Waals surface area contributed by atoms with Crippen molar-refractivity contribution < 1.29 is 9.18 Å². The summed E-state index contributed by atoms with van der Waals surface area (Å²) >= 11 is 0. The van der Waals surface area contributed by atoms with Crippen LogP contribution in [0.4, 0.5) is 4.39 Å². The fourth-order valence-corrected chi connectivity index (χ4v) is 2.13. The third-order valence-electron chi connectivity index (χ3n) is 3.48. The summed E-state index contributed by atoms with van der Waals surface area (Å²) in [6.45, 7) is 2.33. The van der Waals surface area contributed by atoms with Gasteiger partial charge in [-0.15, -0.1) is 0 Å². The maximum atomic E-state index is 13.5. The number of nitrogens with one attached hydrogen (secondary N) is 1. The van der Waals surface area contributed by atoms with Crippen LogP contribution in [0.15, 0.2) is 36.7 Å². The average molecular weight is 289 g/mol. The van der Waals surface area contributed by atoms with Crippen molar-refractivity contribution >= 4 is 5.91 Å². The highest BCUT2D eigenvalue weighted by Gasteiger charge is 2.13. The fraction of sp³-hybridized carbons (Fsp3) is 0.375. The minimum absolute atomic E-state index is 0.0183. The summed E-state index contributed by atoms with van der Waals surface area (Å²) in [5, 5.41) is 6.93. The molecule has 0 saturated carbocycles. The van der Waals surface area contributed by atoms with Crippen molar-refractivity contribution in [2.75, 3.05) is 0 Å². The highest BCUT2D eigenvalue weighted by Crippen LogP contribution is 2.13. The van der Waals surface area contributed by atoms with Crippen LogP contribution in [0.3, 0.4) is 0 Å². The van der Waals surface area contributed by atoms with Crippen LogP contribution in [0.1, 0.15) is 24.5 Å². The van der Waals surface area contributed by atoms with Gasteiger partial charge >= 0.3 is 0 Å². The zero-order chi connectivity index (χ0) is 15.2. The lowest BCUT2D eigenvalue weighted by molar-refractivity contribution is -0.124. The number of aryl methyl sites for hydroxylation is 2. The molecule has 1 aromatic heterocycles. The molecule has 0 fully saturated rings. The van der Waals surface area contributed by atoms with Gasteiger partial charge in [-0.25, -0.2) is 4.39 Å². The molecule has 0 aliphatic rings. The third kappa shape index (κ3) is 4.41. The topological polar surface area (TPSA) is 46.9 Å². The normalized spacial score (nSPS) is 12.1. The Morgan fingerprint density at radius 3 is 2.86 bits per heavy atom. The Labute approximate surface area is 124 Å². The van der Waals surface area contributed by atoms with Crippen LogP contribution in [0, 0.1) is 11.7 Å². The molecule has 2 rings (SSSR count). The van der Waals surface area contributed by atoms with Crippen LogP contribution < -0.4 is 5.32 Å². The number of halogens is 1. The van der Waals surface area contributed by atoms with Crippen LogP contribution in [0.2, 0.25) is 0 Å². The van der Waals surface area contributed by atoms with Gasteiger partial charge in [0.2, 0.25) is 5.91 Å². The Morgan fingerprint density at radius 1 is 1.43 bits per heavy atom. The Kier molecular flexibility index (Phi) is 5.09. The molecule has 1 amide bonds. The summed E-state index contributed by atoms with van der Waals surface area (Å²) in [6, 6.07) is 6.69. The van der Waals surface area contributed by atoms with Gasteiger partial charge in [-0.05, 0) is 24.5 Å². The molecule has 1 aromatic carbocycles. The van der Waals surface area contributed by atoms with Crippen molar-refractivity contribution in [2.24, 2.45) is 13.0 Å². The molecule has 5 heteroatoms. The van der Waals surface area contributed by atoms with Gasteiger partial charge in [0.05, 0.1) is 6.20 Å². The van der Waals surface area contributed by atoms with E-state index in [1.165, 1.54) is 6.07 Å². The highest BCUT2D eigenvalue weighted by molar-refractivity contribution is 5.78. The molecule has 1 atom stereocenters. The number of carbonyl (C=O) groups is 1. The van der Waals surface area contributed by atoms with E-state index in [2.05, 4.69) is 10.4 Å². The van der Waals surface area contributed by atoms with Gasteiger partial charge in [-0.3, -0.25) is 9.48 Å². The van der Waals surface area contributed by atoms with E-state index in [-0.39, 0.29) is 17.6 Å². The number of nitrogens with zero attached hydrogens (tertiary/aromatic N) is 2. The van der Waals surface area contributed by atoms with Crippen molar-refractivity contribution in [2.45, 2.75) is 26.3 Å². The zero-order valence-corrected chi connectivity index (χ0v) is 12.3. The number of hydrogen-bond donors (Lipinski definition) is 1. The summed E-state index contributed by atoms with van der Waals surface area (Å²) in [5.41, 5.74) is 1.62. The molecule has 4 nitrogen and oxygen atoms in total. The van der Waals surface area contributed by atoms with Gasteiger partial charge < -0.3 is 5.32 Å². The van der Waals surface area contributed by atoms with Gasteiger partial charge in [0.1, 0.15) is 5.82 Å². The lowest BCUT2D eigenvalue weighted by Gasteiger charge is -2.12. The number of benzene rings is 1. The lowest BCUT2D eigenvalue weighted by atomic mass is 10.00.